The Labute approximate surface area is 77.9 Å². The molecule has 1 atom stereocenters. The predicted molar refractivity (Wildman–Crippen MR) is 48.1 cm³/mol. The lowest BCUT2D eigenvalue weighted by molar-refractivity contribution is -0.884. The Hall–Kier alpha value is -1.10. The van der Waals surface area contributed by atoms with Gasteiger partial charge in [0.25, 0.3) is 5.91 Å². The van der Waals surface area contributed by atoms with Gasteiger partial charge in [0.2, 0.25) is 0 Å². The molecule has 0 aliphatic carbocycles. The van der Waals surface area contributed by atoms with Crippen molar-refractivity contribution in [3.8, 4) is 0 Å². The molecular formula is C8H17N2O3+. The number of nitrogens with one attached hydrogen (secondary N) is 1. The molecule has 0 aliphatic heterocycles. The van der Waals surface area contributed by atoms with E-state index in [1.54, 1.807) is 6.92 Å². The molecule has 0 fully saturated rings. The van der Waals surface area contributed by atoms with Crippen LogP contribution < -0.4 is 5.32 Å². The van der Waals surface area contributed by atoms with E-state index in [-0.39, 0.29) is 18.5 Å². The summed E-state index contributed by atoms with van der Waals surface area (Å²) in [4.78, 5) is 21.5. The van der Waals surface area contributed by atoms with E-state index in [2.05, 4.69) is 5.32 Å². The average molecular weight is 189 g/mol. The second-order valence-electron chi connectivity index (χ2n) is 3.90. The fraction of sp³-hybridized carbons (Fsp3) is 0.750. The van der Waals surface area contributed by atoms with Crippen molar-refractivity contribution in [1.82, 2.24) is 5.32 Å². The third-order valence-electron chi connectivity index (χ3n) is 1.96. The molecule has 0 spiro atoms. The van der Waals surface area contributed by atoms with E-state index in [1.807, 2.05) is 21.1 Å². The Bertz CT molecular complexity index is 208. The number of carboxylic acids is 1. The lowest BCUT2D eigenvalue weighted by atomic mass is 10.2. The Kier molecular flexibility index (Phi) is 3.87. The number of nitrogens with zero attached hydrogens (tertiary/aromatic N) is 1. The minimum atomic E-state index is -1.03. The molecule has 13 heavy (non-hydrogen) atoms. The van der Waals surface area contributed by atoms with E-state index < -0.39 is 5.97 Å². The van der Waals surface area contributed by atoms with E-state index in [0.717, 1.165) is 0 Å². The number of rotatable bonds is 4. The zero-order chi connectivity index (χ0) is 10.6. The summed E-state index contributed by atoms with van der Waals surface area (Å²) < 4.78 is 0.478. The van der Waals surface area contributed by atoms with Crippen LogP contribution in [-0.2, 0) is 9.59 Å². The van der Waals surface area contributed by atoms with Crippen LogP contribution in [-0.4, -0.2) is 55.2 Å². The van der Waals surface area contributed by atoms with Crippen LogP contribution in [0.15, 0.2) is 0 Å². The molecule has 0 aromatic rings. The molecule has 0 saturated carbocycles. The lowest BCUT2D eigenvalue weighted by Crippen LogP contribution is -2.52. The molecule has 5 nitrogen and oxygen atoms in total. The van der Waals surface area contributed by atoms with Gasteiger partial charge in [0.15, 0.2) is 6.04 Å². The van der Waals surface area contributed by atoms with Crippen LogP contribution in [0, 0.1) is 0 Å². The fourth-order valence-electron chi connectivity index (χ4n) is 0.662. The SMILES string of the molecule is C[C@@H](C(=O)NCC(=O)O)[N+](C)(C)C. The average Bonchev–Trinajstić information content (AvgIpc) is 1.96. The number of quaternary nitrogens is 1. The molecule has 0 radical (unpaired) electrons. The van der Waals surface area contributed by atoms with Crippen LogP contribution in [0.4, 0.5) is 0 Å². The maximum absolute atomic E-state index is 11.3. The third-order valence-corrected chi connectivity index (χ3v) is 1.96. The number of amides is 1. The summed E-state index contributed by atoms with van der Waals surface area (Å²) >= 11 is 0. The van der Waals surface area contributed by atoms with Crippen molar-refractivity contribution in [2.24, 2.45) is 0 Å². The van der Waals surface area contributed by atoms with Gasteiger partial charge in [-0.2, -0.15) is 0 Å². The molecule has 0 rings (SSSR count). The molecule has 5 heteroatoms. The number of likely N-dealkylation sites (N-methyl/N-ethyl adjacent to an activating group) is 1. The van der Waals surface area contributed by atoms with Crippen LogP contribution in [0.2, 0.25) is 0 Å². The van der Waals surface area contributed by atoms with Gasteiger partial charge in [0, 0.05) is 0 Å². The van der Waals surface area contributed by atoms with Crippen LogP contribution in [0.5, 0.6) is 0 Å². The van der Waals surface area contributed by atoms with Crippen molar-refractivity contribution in [3.63, 3.8) is 0 Å². The summed E-state index contributed by atoms with van der Waals surface area (Å²) in [7, 11) is 5.64. The smallest absolute Gasteiger partial charge is 0.322 e. The van der Waals surface area contributed by atoms with Crippen molar-refractivity contribution in [3.05, 3.63) is 0 Å². The van der Waals surface area contributed by atoms with Gasteiger partial charge in [0.1, 0.15) is 6.54 Å². The Morgan fingerprint density at radius 1 is 1.38 bits per heavy atom. The monoisotopic (exact) mass is 189 g/mol. The number of hydrogen-bond acceptors (Lipinski definition) is 2. The second-order valence-corrected chi connectivity index (χ2v) is 3.90. The zero-order valence-corrected chi connectivity index (χ0v) is 8.50. The Morgan fingerprint density at radius 3 is 2.15 bits per heavy atom. The molecule has 0 aromatic heterocycles. The largest absolute Gasteiger partial charge is 0.480 e. The van der Waals surface area contributed by atoms with Gasteiger partial charge in [-0.3, -0.25) is 9.59 Å². The van der Waals surface area contributed by atoms with E-state index in [1.165, 1.54) is 0 Å². The van der Waals surface area contributed by atoms with Gasteiger partial charge in [-0.25, -0.2) is 0 Å². The topological polar surface area (TPSA) is 66.4 Å². The molecule has 76 valence electrons. The van der Waals surface area contributed by atoms with E-state index in [9.17, 15) is 9.59 Å². The molecular weight excluding hydrogens is 172 g/mol. The van der Waals surface area contributed by atoms with E-state index >= 15 is 0 Å². The lowest BCUT2D eigenvalue weighted by Gasteiger charge is -2.30. The highest BCUT2D eigenvalue weighted by atomic mass is 16.4. The minimum absolute atomic E-state index is 0.241. The highest BCUT2D eigenvalue weighted by Crippen LogP contribution is 2.00. The summed E-state index contributed by atoms with van der Waals surface area (Å²) in [5, 5.41) is 10.7. The summed E-state index contributed by atoms with van der Waals surface area (Å²) in [6.45, 7) is 1.44. The van der Waals surface area contributed by atoms with Gasteiger partial charge < -0.3 is 14.9 Å². The van der Waals surface area contributed by atoms with E-state index in [0.29, 0.717) is 4.48 Å². The number of carbonyl (C=O) groups excluding carboxylic acids is 1. The molecule has 1 amide bonds. The van der Waals surface area contributed by atoms with Crippen molar-refractivity contribution in [2.75, 3.05) is 27.7 Å². The maximum atomic E-state index is 11.3. The highest BCUT2D eigenvalue weighted by molar-refractivity contribution is 5.84. The van der Waals surface area contributed by atoms with Crippen LogP contribution >= 0.6 is 0 Å². The number of hydrogen-bond donors (Lipinski definition) is 2. The molecule has 2 N–H and O–H groups in total. The first-order valence-corrected chi connectivity index (χ1v) is 4.05. The summed E-state index contributed by atoms with van der Waals surface area (Å²) in [6, 6.07) is -0.251. The highest BCUT2D eigenvalue weighted by Gasteiger charge is 2.26. The first kappa shape index (κ1) is 11.9. The Morgan fingerprint density at radius 2 is 1.85 bits per heavy atom. The normalized spacial score (nSPS) is 13.5. The van der Waals surface area contributed by atoms with Crippen molar-refractivity contribution < 1.29 is 19.2 Å². The summed E-state index contributed by atoms with van der Waals surface area (Å²) in [5.41, 5.74) is 0. The number of aliphatic carboxylic acids is 1. The van der Waals surface area contributed by atoms with Gasteiger partial charge in [0.05, 0.1) is 21.1 Å². The van der Waals surface area contributed by atoms with Crippen molar-refractivity contribution >= 4 is 11.9 Å². The number of carbonyl (C=O) groups is 2. The quantitative estimate of drug-likeness (QED) is 0.574. The Balaban J connectivity index is 4.05. The predicted octanol–water partition coefficient (Wildman–Crippen LogP) is -0.718. The van der Waals surface area contributed by atoms with Gasteiger partial charge >= 0.3 is 5.97 Å². The molecule has 0 heterocycles. The van der Waals surface area contributed by atoms with Crippen LogP contribution in [0.1, 0.15) is 6.92 Å². The van der Waals surface area contributed by atoms with Crippen LogP contribution in [0.25, 0.3) is 0 Å². The third kappa shape index (κ3) is 4.47. The van der Waals surface area contributed by atoms with Gasteiger partial charge in [-0.1, -0.05) is 0 Å². The second kappa shape index (κ2) is 4.23. The standard InChI is InChI=1S/C8H16N2O3/c1-6(10(2,3)4)8(13)9-5-7(11)12/h6H,5H2,1-4H3,(H-,9,11,12,13)/p+1/t6-/m0/s1. The molecule has 0 saturated heterocycles. The number of carboxylic acid groups (broad SMARTS) is 1. The summed E-state index contributed by atoms with van der Waals surface area (Å²) in [5.74, 6) is -1.27. The van der Waals surface area contributed by atoms with Crippen molar-refractivity contribution in [2.45, 2.75) is 13.0 Å². The fourth-order valence-corrected chi connectivity index (χ4v) is 0.662. The van der Waals surface area contributed by atoms with Gasteiger partial charge in [-0.15, -0.1) is 0 Å². The molecule has 0 aliphatic rings. The zero-order valence-electron chi connectivity index (χ0n) is 8.50. The maximum Gasteiger partial charge on any atom is 0.322 e. The van der Waals surface area contributed by atoms with Crippen LogP contribution in [0.3, 0.4) is 0 Å². The molecule has 0 bridgehead atoms. The summed E-state index contributed by atoms with van der Waals surface area (Å²) in [6.07, 6.45) is 0. The van der Waals surface area contributed by atoms with Crippen molar-refractivity contribution in [1.29, 1.82) is 0 Å². The van der Waals surface area contributed by atoms with E-state index in [4.69, 9.17) is 5.11 Å². The molecule has 0 aromatic carbocycles. The van der Waals surface area contributed by atoms with Gasteiger partial charge in [-0.05, 0) is 6.92 Å². The molecule has 0 unspecified atom stereocenters. The first-order chi connectivity index (χ1) is 5.75. The first-order valence-electron chi connectivity index (χ1n) is 4.05. The minimum Gasteiger partial charge on any atom is -0.480 e.